The summed E-state index contributed by atoms with van der Waals surface area (Å²) in [6.07, 6.45) is 3.45. The maximum Gasteiger partial charge on any atom is 0.137 e. The number of hydrogen-bond acceptors (Lipinski definition) is 4. The maximum absolute atomic E-state index is 12.0. The number of β-amino-alcohol motifs (C(OH)–C–C–N with tert-alkyl or cyclic N) is 1. The first kappa shape index (κ1) is 14.9. The predicted octanol–water partition coefficient (Wildman–Crippen LogP) is 0.988. The standard InChI is InChI=1S/C15H28N2O2/c1-11-4-5-15(19)12(6-11)8-17-10-14(18)7-13(17)9-16(2)3/h11-14,18H,4-10H2,1-3H3. The summed E-state index contributed by atoms with van der Waals surface area (Å²) in [6.45, 7) is 4.79. The van der Waals surface area contributed by atoms with Crippen LogP contribution in [-0.2, 0) is 4.79 Å². The number of likely N-dealkylation sites (N-methyl/N-ethyl adjacent to an activating group) is 1. The minimum absolute atomic E-state index is 0.193. The first-order valence-corrected chi connectivity index (χ1v) is 7.55. The van der Waals surface area contributed by atoms with Crippen LogP contribution in [0.25, 0.3) is 0 Å². The summed E-state index contributed by atoms with van der Waals surface area (Å²) < 4.78 is 0. The van der Waals surface area contributed by atoms with Gasteiger partial charge >= 0.3 is 0 Å². The number of ketones is 1. The van der Waals surface area contributed by atoms with Gasteiger partial charge in [0.1, 0.15) is 5.78 Å². The molecule has 0 spiro atoms. The van der Waals surface area contributed by atoms with E-state index < -0.39 is 0 Å². The Kier molecular flexibility index (Phi) is 4.98. The van der Waals surface area contributed by atoms with Crippen molar-refractivity contribution in [2.24, 2.45) is 11.8 Å². The van der Waals surface area contributed by atoms with Crippen molar-refractivity contribution in [3.63, 3.8) is 0 Å². The minimum Gasteiger partial charge on any atom is -0.392 e. The fourth-order valence-corrected chi connectivity index (χ4v) is 3.58. The van der Waals surface area contributed by atoms with E-state index in [0.29, 0.717) is 17.7 Å². The van der Waals surface area contributed by atoms with Gasteiger partial charge in [0, 0.05) is 38.0 Å². The lowest BCUT2D eigenvalue weighted by Gasteiger charge is -2.33. The average molecular weight is 268 g/mol. The summed E-state index contributed by atoms with van der Waals surface area (Å²) in [7, 11) is 4.13. The smallest absolute Gasteiger partial charge is 0.137 e. The van der Waals surface area contributed by atoms with Gasteiger partial charge in [-0.05, 0) is 39.3 Å². The zero-order valence-corrected chi connectivity index (χ0v) is 12.5. The van der Waals surface area contributed by atoms with Crippen LogP contribution in [0.4, 0.5) is 0 Å². The van der Waals surface area contributed by atoms with E-state index in [1.165, 1.54) is 0 Å². The molecule has 0 aromatic rings. The van der Waals surface area contributed by atoms with E-state index in [2.05, 4.69) is 30.8 Å². The third-order valence-corrected chi connectivity index (χ3v) is 4.56. The molecular weight excluding hydrogens is 240 g/mol. The van der Waals surface area contributed by atoms with Crippen LogP contribution in [0.1, 0.15) is 32.6 Å². The van der Waals surface area contributed by atoms with Crippen LogP contribution in [0, 0.1) is 11.8 Å². The van der Waals surface area contributed by atoms with Crippen LogP contribution in [0.3, 0.4) is 0 Å². The van der Waals surface area contributed by atoms with Crippen molar-refractivity contribution in [1.82, 2.24) is 9.80 Å². The maximum atomic E-state index is 12.0. The second-order valence-corrected chi connectivity index (χ2v) is 6.80. The highest BCUT2D eigenvalue weighted by molar-refractivity contribution is 5.81. The Morgan fingerprint density at radius 1 is 1.37 bits per heavy atom. The zero-order chi connectivity index (χ0) is 14.0. The number of hydrogen-bond donors (Lipinski definition) is 1. The van der Waals surface area contributed by atoms with Gasteiger partial charge in [0.05, 0.1) is 6.10 Å². The first-order chi connectivity index (χ1) is 8.95. The molecule has 1 saturated heterocycles. The van der Waals surface area contributed by atoms with Crippen LogP contribution in [-0.4, -0.2) is 66.6 Å². The molecule has 0 amide bonds. The molecule has 0 aromatic heterocycles. The molecule has 19 heavy (non-hydrogen) atoms. The number of nitrogens with zero attached hydrogens (tertiary/aromatic N) is 2. The summed E-state index contributed by atoms with van der Waals surface area (Å²) in [5.74, 6) is 1.30. The summed E-state index contributed by atoms with van der Waals surface area (Å²) in [5, 5.41) is 9.89. The summed E-state index contributed by atoms with van der Waals surface area (Å²) in [6, 6.07) is 0.398. The average Bonchev–Trinajstić information content (AvgIpc) is 2.63. The van der Waals surface area contributed by atoms with Crippen LogP contribution in [0.15, 0.2) is 0 Å². The Bertz CT molecular complexity index is 319. The number of rotatable bonds is 4. The lowest BCUT2D eigenvalue weighted by molar-refractivity contribution is -0.126. The SMILES string of the molecule is CC1CCC(=O)C(CN2CC(O)CC2CN(C)C)C1. The molecule has 1 N–H and O–H groups in total. The number of likely N-dealkylation sites (tertiary alicyclic amines) is 1. The molecule has 0 bridgehead atoms. The van der Waals surface area contributed by atoms with E-state index in [0.717, 1.165) is 45.3 Å². The van der Waals surface area contributed by atoms with Gasteiger partial charge in [-0.25, -0.2) is 0 Å². The van der Waals surface area contributed by atoms with E-state index in [-0.39, 0.29) is 12.0 Å². The highest BCUT2D eigenvalue weighted by Gasteiger charge is 2.35. The van der Waals surface area contributed by atoms with Crippen molar-refractivity contribution < 1.29 is 9.90 Å². The fourth-order valence-electron chi connectivity index (χ4n) is 3.58. The van der Waals surface area contributed by atoms with Crippen LogP contribution in [0.5, 0.6) is 0 Å². The molecule has 4 unspecified atom stereocenters. The fraction of sp³-hybridized carbons (Fsp3) is 0.933. The Morgan fingerprint density at radius 3 is 2.79 bits per heavy atom. The van der Waals surface area contributed by atoms with Crippen molar-refractivity contribution in [3.05, 3.63) is 0 Å². The molecule has 4 atom stereocenters. The first-order valence-electron chi connectivity index (χ1n) is 7.55. The summed E-state index contributed by atoms with van der Waals surface area (Å²) >= 11 is 0. The highest BCUT2D eigenvalue weighted by Crippen LogP contribution is 2.29. The van der Waals surface area contributed by atoms with E-state index in [1.54, 1.807) is 0 Å². The molecule has 4 heteroatoms. The van der Waals surface area contributed by atoms with Gasteiger partial charge in [-0.3, -0.25) is 9.69 Å². The number of aliphatic hydroxyl groups is 1. The molecule has 1 aliphatic heterocycles. The van der Waals surface area contributed by atoms with Gasteiger partial charge in [0.15, 0.2) is 0 Å². The second-order valence-electron chi connectivity index (χ2n) is 6.80. The van der Waals surface area contributed by atoms with Crippen LogP contribution >= 0.6 is 0 Å². The molecule has 4 nitrogen and oxygen atoms in total. The number of aliphatic hydroxyl groups excluding tert-OH is 1. The van der Waals surface area contributed by atoms with Crippen molar-refractivity contribution in [2.75, 3.05) is 33.7 Å². The molecule has 0 radical (unpaired) electrons. The van der Waals surface area contributed by atoms with E-state index >= 15 is 0 Å². The van der Waals surface area contributed by atoms with Gasteiger partial charge in [0.2, 0.25) is 0 Å². The molecule has 1 aliphatic carbocycles. The molecule has 0 aromatic carbocycles. The van der Waals surface area contributed by atoms with Crippen molar-refractivity contribution >= 4 is 5.78 Å². The van der Waals surface area contributed by atoms with Gasteiger partial charge in [-0.1, -0.05) is 6.92 Å². The number of carbonyl (C=O) groups is 1. The summed E-state index contributed by atoms with van der Waals surface area (Å²) in [4.78, 5) is 16.5. The van der Waals surface area contributed by atoms with Crippen molar-refractivity contribution in [3.8, 4) is 0 Å². The quantitative estimate of drug-likeness (QED) is 0.826. The highest BCUT2D eigenvalue weighted by atomic mass is 16.3. The third kappa shape index (κ3) is 4.01. The summed E-state index contributed by atoms with van der Waals surface area (Å²) in [5.41, 5.74) is 0. The number of Topliss-reactive ketones (excluding diaryl/α,β-unsaturated/α-hetero) is 1. The minimum atomic E-state index is -0.221. The van der Waals surface area contributed by atoms with Gasteiger partial charge in [-0.15, -0.1) is 0 Å². The predicted molar refractivity (Wildman–Crippen MR) is 76.1 cm³/mol. The molecular formula is C15H28N2O2. The molecule has 2 fully saturated rings. The molecule has 1 saturated carbocycles. The van der Waals surface area contributed by atoms with Gasteiger partial charge in [-0.2, -0.15) is 0 Å². The Balaban J connectivity index is 1.94. The van der Waals surface area contributed by atoms with Gasteiger partial charge in [0.25, 0.3) is 0 Å². The zero-order valence-electron chi connectivity index (χ0n) is 12.5. The van der Waals surface area contributed by atoms with Crippen LogP contribution < -0.4 is 0 Å². The second kappa shape index (κ2) is 6.33. The molecule has 2 aliphatic rings. The lowest BCUT2D eigenvalue weighted by atomic mass is 9.81. The third-order valence-electron chi connectivity index (χ3n) is 4.56. The number of carbonyl (C=O) groups excluding carboxylic acids is 1. The van der Waals surface area contributed by atoms with Gasteiger partial charge < -0.3 is 10.0 Å². The van der Waals surface area contributed by atoms with E-state index in [1.807, 2.05) is 0 Å². The van der Waals surface area contributed by atoms with Crippen LogP contribution in [0.2, 0.25) is 0 Å². The van der Waals surface area contributed by atoms with E-state index in [9.17, 15) is 9.90 Å². The molecule has 2 rings (SSSR count). The van der Waals surface area contributed by atoms with Crippen molar-refractivity contribution in [2.45, 2.75) is 44.8 Å². The normalized spacial score (nSPS) is 37.2. The Hall–Kier alpha value is -0.450. The van der Waals surface area contributed by atoms with E-state index in [4.69, 9.17) is 0 Å². The molecule has 1 heterocycles. The molecule has 110 valence electrons. The Morgan fingerprint density at radius 2 is 2.11 bits per heavy atom. The lowest BCUT2D eigenvalue weighted by Crippen LogP contribution is -2.42. The monoisotopic (exact) mass is 268 g/mol. The van der Waals surface area contributed by atoms with Crippen molar-refractivity contribution in [1.29, 1.82) is 0 Å². The Labute approximate surface area is 116 Å². The largest absolute Gasteiger partial charge is 0.392 e. The topological polar surface area (TPSA) is 43.8 Å².